The first-order valence-electron chi connectivity index (χ1n) is 11.7. The molecule has 2 aliphatic rings. The summed E-state index contributed by atoms with van der Waals surface area (Å²) < 4.78 is 12.8. The van der Waals surface area contributed by atoms with Gasteiger partial charge in [-0.15, -0.1) is 0 Å². The molecule has 5 rings (SSSR count). The molecule has 4 heterocycles. The van der Waals surface area contributed by atoms with E-state index in [0.29, 0.717) is 13.0 Å². The summed E-state index contributed by atoms with van der Waals surface area (Å²) in [6.45, 7) is 7.79. The predicted molar refractivity (Wildman–Crippen MR) is 124 cm³/mol. The monoisotopic (exact) mass is 449 g/mol. The molecule has 3 aromatic rings. The Hall–Kier alpha value is -2.97. The van der Waals surface area contributed by atoms with Gasteiger partial charge >= 0.3 is 0 Å². The van der Waals surface area contributed by atoms with E-state index < -0.39 is 0 Å². The van der Waals surface area contributed by atoms with Crippen molar-refractivity contribution in [1.29, 1.82) is 0 Å². The normalized spacial score (nSPS) is 19.3. The smallest absolute Gasteiger partial charge is 0.227 e. The fourth-order valence-electron chi connectivity index (χ4n) is 4.89. The summed E-state index contributed by atoms with van der Waals surface area (Å²) in [6, 6.07) is 9.78. The first kappa shape index (κ1) is 21.9. The van der Waals surface area contributed by atoms with E-state index in [1.807, 2.05) is 39.9 Å². The fourth-order valence-corrected chi connectivity index (χ4v) is 4.89. The third-order valence-corrected chi connectivity index (χ3v) is 6.78. The Balaban J connectivity index is 1.31. The highest BCUT2D eigenvalue weighted by molar-refractivity contribution is 5.79. The van der Waals surface area contributed by atoms with Crippen molar-refractivity contribution >= 4 is 11.6 Å². The van der Waals surface area contributed by atoms with E-state index in [0.717, 1.165) is 74.2 Å². The molecule has 8 nitrogen and oxygen atoms in total. The van der Waals surface area contributed by atoms with Crippen LogP contribution in [0.3, 0.4) is 0 Å². The van der Waals surface area contributed by atoms with Gasteiger partial charge in [-0.05, 0) is 37.1 Å². The Kier molecular flexibility index (Phi) is 6.28. The van der Waals surface area contributed by atoms with Crippen LogP contribution in [0.2, 0.25) is 0 Å². The van der Waals surface area contributed by atoms with E-state index in [-0.39, 0.29) is 11.8 Å². The van der Waals surface area contributed by atoms with E-state index in [1.165, 1.54) is 5.56 Å². The first-order valence-corrected chi connectivity index (χ1v) is 11.7. The van der Waals surface area contributed by atoms with Gasteiger partial charge in [0, 0.05) is 50.4 Å². The number of aryl methyl sites for hydroxylation is 1. The molecule has 1 aromatic carbocycles. The first-order chi connectivity index (χ1) is 16.1. The van der Waals surface area contributed by atoms with Crippen molar-refractivity contribution < 1.29 is 14.3 Å². The molecule has 0 radical (unpaired) electrons. The number of likely N-dealkylation sites (tertiary alicyclic amines) is 1. The predicted octanol–water partition coefficient (Wildman–Crippen LogP) is 2.44. The zero-order valence-electron chi connectivity index (χ0n) is 19.4. The number of hydrogen-bond acceptors (Lipinski definition) is 6. The molecule has 1 amide bonds. The number of hydrogen-bond donors (Lipinski definition) is 0. The minimum atomic E-state index is 0.153. The lowest BCUT2D eigenvalue weighted by Gasteiger charge is -2.26. The van der Waals surface area contributed by atoms with Gasteiger partial charge in [0.15, 0.2) is 5.65 Å². The summed E-state index contributed by atoms with van der Waals surface area (Å²) in [4.78, 5) is 22.0. The minimum absolute atomic E-state index is 0.153. The summed E-state index contributed by atoms with van der Waals surface area (Å²) in [6.07, 6.45) is 3.20. The zero-order valence-corrected chi connectivity index (χ0v) is 19.4. The Morgan fingerprint density at radius 3 is 2.88 bits per heavy atom. The van der Waals surface area contributed by atoms with E-state index >= 15 is 0 Å². The van der Waals surface area contributed by atoms with Crippen molar-refractivity contribution in [3.8, 4) is 5.75 Å². The summed E-state index contributed by atoms with van der Waals surface area (Å²) in [5.41, 5.74) is 5.24. The third kappa shape index (κ3) is 4.58. The molecule has 2 aliphatic heterocycles. The van der Waals surface area contributed by atoms with Crippen LogP contribution in [0.4, 0.5) is 0 Å². The molecule has 0 spiro atoms. The van der Waals surface area contributed by atoms with E-state index in [9.17, 15) is 4.79 Å². The lowest BCUT2D eigenvalue weighted by Crippen LogP contribution is -2.35. The summed E-state index contributed by atoms with van der Waals surface area (Å²) in [5, 5.41) is 4.86. The van der Waals surface area contributed by atoms with Crippen molar-refractivity contribution in [2.75, 3.05) is 46.5 Å². The second-order valence-electron chi connectivity index (χ2n) is 8.91. The maximum Gasteiger partial charge on any atom is 0.227 e. The van der Waals surface area contributed by atoms with Crippen LogP contribution in [0.5, 0.6) is 5.75 Å². The van der Waals surface area contributed by atoms with Crippen LogP contribution in [-0.2, 0) is 22.5 Å². The van der Waals surface area contributed by atoms with Gasteiger partial charge in [0.05, 0.1) is 38.1 Å². The number of nitrogens with zero attached hydrogens (tertiary/aromatic N) is 5. The number of fused-ring (bicyclic) bond motifs is 1. The maximum atomic E-state index is 13.0. The highest BCUT2D eigenvalue weighted by atomic mass is 16.5. The summed E-state index contributed by atoms with van der Waals surface area (Å²) in [7, 11) is 1.64. The zero-order chi connectivity index (χ0) is 22.8. The molecule has 33 heavy (non-hydrogen) atoms. The van der Waals surface area contributed by atoms with Crippen LogP contribution in [-0.4, -0.2) is 76.8 Å². The van der Waals surface area contributed by atoms with Gasteiger partial charge in [0.2, 0.25) is 5.91 Å². The number of rotatable bonds is 6. The Morgan fingerprint density at radius 2 is 2.06 bits per heavy atom. The van der Waals surface area contributed by atoms with Gasteiger partial charge in [0.1, 0.15) is 5.75 Å². The largest absolute Gasteiger partial charge is 0.497 e. The number of methoxy groups -OCH3 is 1. The highest BCUT2D eigenvalue weighted by Crippen LogP contribution is 2.29. The molecule has 0 saturated carbocycles. The average Bonchev–Trinajstić information content (AvgIpc) is 3.45. The molecule has 2 saturated heterocycles. The molecular weight excluding hydrogens is 418 g/mol. The molecule has 0 bridgehead atoms. The minimum Gasteiger partial charge on any atom is -0.497 e. The number of amides is 1. The molecular formula is C25H31N5O3. The molecule has 174 valence electrons. The molecule has 2 fully saturated rings. The lowest BCUT2D eigenvalue weighted by molar-refractivity contribution is -0.129. The molecule has 8 heteroatoms. The molecule has 2 aromatic heterocycles. The number of aromatic nitrogens is 3. The van der Waals surface area contributed by atoms with Crippen molar-refractivity contribution in [1.82, 2.24) is 24.4 Å². The van der Waals surface area contributed by atoms with Crippen LogP contribution < -0.4 is 4.74 Å². The molecule has 0 aliphatic carbocycles. The van der Waals surface area contributed by atoms with E-state index in [2.05, 4.69) is 22.9 Å². The van der Waals surface area contributed by atoms with Gasteiger partial charge in [-0.2, -0.15) is 5.10 Å². The van der Waals surface area contributed by atoms with Crippen molar-refractivity contribution in [2.45, 2.75) is 32.2 Å². The van der Waals surface area contributed by atoms with Crippen LogP contribution in [0, 0.1) is 6.92 Å². The van der Waals surface area contributed by atoms with Crippen LogP contribution in [0.1, 0.15) is 34.9 Å². The van der Waals surface area contributed by atoms with Crippen LogP contribution in [0.15, 0.2) is 36.5 Å². The highest BCUT2D eigenvalue weighted by Gasteiger charge is 2.30. The molecule has 0 N–H and O–H groups in total. The van der Waals surface area contributed by atoms with E-state index in [1.54, 1.807) is 7.11 Å². The Labute approximate surface area is 194 Å². The summed E-state index contributed by atoms with van der Waals surface area (Å²) in [5.74, 6) is 1.18. The average molecular weight is 450 g/mol. The number of carbonyl (C=O) groups excluding carboxylic acids is 1. The van der Waals surface area contributed by atoms with Gasteiger partial charge < -0.3 is 14.4 Å². The number of morpholine rings is 1. The number of ether oxygens (including phenoxy) is 2. The van der Waals surface area contributed by atoms with Crippen LogP contribution >= 0.6 is 0 Å². The van der Waals surface area contributed by atoms with Gasteiger partial charge in [-0.1, -0.05) is 12.1 Å². The second-order valence-corrected chi connectivity index (χ2v) is 8.91. The maximum absolute atomic E-state index is 13.0. The van der Waals surface area contributed by atoms with Gasteiger partial charge in [0.25, 0.3) is 0 Å². The Morgan fingerprint density at radius 1 is 1.21 bits per heavy atom. The van der Waals surface area contributed by atoms with Gasteiger partial charge in [-0.3, -0.25) is 9.69 Å². The van der Waals surface area contributed by atoms with Crippen molar-refractivity contribution in [3.05, 3.63) is 59.0 Å². The lowest BCUT2D eigenvalue weighted by atomic mass is 10.0. The topological polar surface area (TPSA) is 72.2 Å². The quantitative estimate of drug-likeness (QED) is 0.576. The Bertz CT molecular complexity index is 1140. The standard InChI is InChI=1S/C25H31N5O3/c1-18-22(17-28-10-12-33-13-11-28)25-26-8-6-23(30(25)27-18)20-7-9-29(16-20)24(31)15-19-4-3-5-21(14-19)32-2/h3-6,8,14,20H,7,9-13,15-17H2,1-2H3. The number of carbonyl (C=O) groups is 1. The van der Waals surface area contributed by atoms with Crippen LogP contribution in [0.25, 0.3) is 5.65 Å². The third-order valence-electron chi connectivity index (χ3n) is 6.78. The molecule has 1 atom stereocenters. The number of benzene rings is 1. The molecule has 1 unspecified atom stereocenters. The fraction of sp³-hybridized carbons (Fsp3) is 0.480. The second kappa shape index (κ2) is 9.49. The van der Waals surface area contributed by atoms with E-state index in [4.69, 9.17) is 14.6 Å². The van der Waals surface area contributed by atoms with Crippen molar-refractivity contribution in [3.63, 3.8) is 0 Å². The summed E-state index contributed by atoms with van der Waals surface area (Å²) >= 11 is 0. The van der Waals surface area contributed by atoms with Crippen molar-refractivity contribution in [2.24, 2.45) is 0 Å². The SMILES string of the molecule is COc1cccc(CC(=O)N2CCC(c3ccnc4c(CN5CCOCC5)c(C)nn34)C2)c1. The van der Waals surface area contributed by atoms with Gasteiger partial charge in [-0.25, -0.2) is 9.50 Å².